The Morgan fingerprint density at radius 2 is 2.00 bits per heavy atom. The van der Waals surface area contributed by atoms with Gasteiger partial charge in [-0.3, -0.25) is 5.32 Å². The summed E-state index contributed by atoms with van der Waals surface area (Å²) in [7, 11) is 0. The molecule has 130 valence electrons. The molecular weight excluding hydrogens is 327 g/mol. The molecule has 0 radical (unpaired) electrons. The Morgan fingerprint density at radius 1 is 1.20 bits per heavy atom. The Bertz CT molecular complexity index is 792. The fraction of sp³-hybridized carbons (Fsp3) is 0.300. The first-order chi connectivity index (χ1) is 12.0. The van der Waals surface area contributed by atoms with Crippen molar-refractivity contribution < 1.29 is 17.9 Å². The van der Waals surface area contributed by atoms with Crippen molar-refractivity contribution in [3.8, 4) is 18.1 Å². The molecule has 5 heteroatoms. The topological polar surface area (TPSA) is 21.3 Å². The number of fused-ring (bicyclic) bond motifs is 1. The summed E-state index contributed by atoms with van der Waals surface area (Å²) in [5, 5.41) is 3.30. The predicted molar refractivity (Wildman–Crippen MR) is 90.1 cm³/mol. The molecule has 0 aromatic heterocycles. The minimum atomic E-state index is -4.35. The molecule has 2 aromatic rings. The van der Waals surface area contributed by atoms with E-state index >= 15 is 0 Å². The Hall–Kier alpha value is -2.45. The van der Waals surface area contributed by atoms with Crippen molar-refractivity contribution in [2.45, 2.75) is 31.7 Å². The molecule has 0 saturated carbocycles. The zero-order valence-electron chi connectivity index (χ0n) is 13.6. The van der Waals surface area contributed by atoms with Crippen LogP contribution in [0.25, 0.3) is 0 Å². The Balaban J connectivity index is 1.73. The highest BCUT2D eigenvalue weighted by Gasteiger charge is 2.30. The molecule has 1 aliphatic carbocycles. The van der Waals surface area contributed by atoms with Crippen molar-refractivity contribution in [1.82, 2.24) is 5.32 Å². The van der Waals surface area contributed by atoms with Crippen LogP contribution in [0, 0.1) is 12.3 Å². The molecular formula is C20H18F3NO. The summed E-state index contributed by atoms with van der Waals surface area (Å²) in [5.41, 5.74) is 2.08. The van der Waals surface area contributed by atoms with E-state index in [-0.39, 0.29) is 12.6 Å². The number of hydrogen-bond donors (Lipinski definition) is 1. The lowest BCUT2D eigenvalue weighted by Crippen LogP contribution is -2.19. The molecule has 25 heavy (non-hydrogen) atoms. The number of halogens is 3. The van der Waals surface area contributed by atoms with Gasteiger partial charge in [0.15, 0.2) is 0 Å². The van der Waals surface area contributed by atoms with E-state index in [1.54, 1.807) is 6.07 Å². The van der Waals surface area contributed by atoms with Crippen LogP contribution in [0.3, 0.4) is 0 Å². The normalized spacial score (nSPS) is 16.3. The van der Waals surface area contributed by atoms with Crippen LogP contribution in [0.2, 0.25) is 0 Å². The number of nitrogens with one attached hydrogen (secondary N) is 1. The smallest absolute Gasteiger partial charge is 0.416 e. The van der Waals surface area contributed by atoms with Gasteiger partial charge in [-0.1, -0.05) is 30.2 Å². The molecule has 1 atom stereocenters. The molecule has 0 heterocycles. The van der Waals surface area contributed by atoms with E-state index in [0.29, 0.717) is 12.1 Å². The van der Waals surface area contributed by atoms with Gasteiger partial charge < -0.3 is 4.74 Å². The van der Waals surface area contributed by atoms with Gasteiger partial charge in [-0.2, -0.15) is 13.2 Å². The average molecular weight is 345 g/mol. The van der Waals surface area contributed by atoms with Gasteiger partial charge >= 0.3 is 6.18 Å². The largest absolute Gasteiger partial charge is 0.489 e. The predicted octanol–water partition coefficient (Wildman–Crippen LogP) is 4.49. The maximum absolute atomic E-state index is 12.8. The quantitative estimate of drug-likeness (QED) is 0.806. The molecule has 0 saturated heterocycles. The summed E-state index contributed by atoms with van der Waals surface area (Å²) < 4.78 is 44.2. The molecule has 1 unspecified atom stereocenters. The van der Waals surface area contributed by atoms with Crippen LogP contribution in [0.5, 0.6) is 5.75 Å². The Morgan fingerprint density at radius 3 is 2.76 bits per heavy atom. The first-order valence-electron chi connectivity index (χ1n) is 8.06. The number of rotatable bonds is 5. The maximum Gasteiger partial charge on any atom is 0.416 e. The van der Waals surface area contributed by atoms with E-state index in [1.165, 1.54) is 6.07 Å². The van der Waals surface area contributed by atoms with Gasteiger partial charge in [0.05, 0.1) is 12.1 Å². The van der Waals surface area contributed by atoms with E-state index in [4.69, 9.17) is 11.2 Å². The van der Waals surface area contributed by atoms with Crippen LogP contribution in [-0.2, 0) is 19.2 Å². The number of hydrogen-bond acceptors (Lipinski definition) is 2. The number of alkyl halides is 3. The molecule has 0 spiro atoms. The van der Waals surface area contributed by atoms with Crippen LogP contribution in [0.1, 0.15) is 34.7 Å². The summed E-state index contributed by atoms with van der Waals surface area (Å²) >= 11 is 0. The molecule has 3 rings (SSSR count). The van der Waals surface area contributed by atoms with Gasteiger partial charge in [-0.25, -0.2) is 0 Å². The first-order valence-corrected chi connectivity index (χ1v) is 8.06. The van der Waals surface area contributed by atoms with Gasteiger partial charge in [-0.15, -0.1) is 6.42 Å². The van der Waals surface area contributed by atoms with E-state index in [1.807, 2.05) is 18.2 Å². The second-order valence-electron chi connectivity index (χ2n) is 5.99. The molecule has 2 nitrogen and oxygen atoms in total. The van der Waals surface area contributed by atoms with E-state index in [0.717, 1.165) is 41.9 Å². The summed E-state index contributed by atoms with van der Waals surface area (Å²) in [6, 6.07) is 11.2. The standard InChI is InChI=1S/C20H18F3NO/c1-2-11-24-18-10-9-17-16(18)7-4-8-19(17)25-13-14-5-3-6-15(12-14)20(21,22)23/h1,3-8,12,18,24H,9-11,13H2. The monoisotopic (exact) mass is 345 g/mol. The van der Waals surface area contributed by atoms with Crippen molar-refractivity contribution in [3.05, 3.63) is 64.7 Å². The minimum absolute atomic E-state index is 0.100. The van der Waals surface area contributed by atoms with Crippen molar-refractivity contribution in [3.63, 3.8) is 0 Å². The third-order valence-corrected chi connectivity index (χ3v) is 4.33. The van der Waals surface area contributed by atoms with Crippen LogP contribution >= 0.6 is 0 Å². The third-order valence-electron chi connectivity index (χ3n) is 4.33. The Kier molecular flexibility index (Phi) is 5.00. The van der Waals surface area contributed by atoms with Gasteiger partial charge in [0.25, 0.3) is 0 Å². The highest BCUT2D eigenvalue weighted by Crippen LogP contribution is 2.37. The van der Waals surface area contributed by atoms with E-state index < -0.39 is 11.7 Å². The van der Waals surface area contributed by atoms with Crippen LogP contribution < -0.4 is 10.1 Å². The fourth-order valence-corrected chi connectivity index (χ4v) is 3.15. The molecule has 0 amide bonds. The number of terminal acetylenes is 1. The van der Waals surface area contributed by atoms with Crippen molar-refractivity contribution in [2.24, 2.45) is 0 Å². The SMILES string of the molecule is C#CCNC1CCc2c(OCc3cccc(C(F)(F)F)c3)cccc21. The molecule has 1 aliphatic rings. The molecule has 2 aromatic carbocycles. The third kappa shape index (κ3) is 3.97. The fourth-order valence-electron chi connectivity index (χ4n) is 3.15. The van der Waals surface area contributed by atoms with Crippen LogP contribution in [0.15, 0.2) is 42.5 Å². The van der Waals surface area contributed by atoms with Gasteiger partial charge in [0, 0.05) is 6.04 Å². The Labute approximate surface area is 145 Å². The van der Waals surface area contributed by atoms with Gasteiger partial charge in [0.2, 0.25) is 0 Å². The highest BCUT2D eigenvalue weighted by atomic mass is 19.4. The summed E-state index contributed by atoms with van der Waals surface area (Å²) in [6.07, 6.45) is 2.74. The molecule has 1 N–H and O–H groups in total. The van der Waals surface area contributed by atoms with Gasteiger partial charge in [-0.05, 0) is 47.7 Å². The van der Waals surface area contributed by atoms with Gasteiger partial charge in [0.1, 0.15) is 12.4 Å². The number of ether oxygens (including phenoxy) is 1. The van der Waals surface area contributed by atoms with E-state index in [9.17, 15) is 13.2 Å². The molecule has 0 aliphatic heterocycles. The van der Waals surface area contributed by atoms with Crippen LogP contribution in [-0.4, -0.2) is 6.54 Å². The molecule has 0 bridgehead atoms. The van der Waals surface area contributed by atoms with E-state index in [2.05, 4.69) is 11.2 Å². The lowest BCUT2D eigenvalue weighted by molar-refractivity contribution is -0.137. The zero-order chi connectivity index (χ0) is 17.9. The summed E-state index contributed by atoms with van der Waals surface area (Å²) in [4.78, 5) is 0. The van der Waals surface area contributed by atoms with Crippen molar-refractivity contribution >= 4 is 0 Å². The van der Waals surface area contributed by atoms with Crippen molar-refractivity contribution in [1.29, 1.82) is 0 Å². The average Bonchev–Trinajstić information content (AvgIpc) is 3.01. The highest BCUT2D eigenvalue weighted by molar-refractivity contribution is 5.45. The molecule has 0 fully saturated rings. The lowest BCUT2D eigenvalue weighted by atomic mass is 10.1. The summed E-state index contributed by atoms with van der Waals surface area (Å²) in [5.74, 6) is 3.29. The maximum atomic E-state index is 12.8. The van der Waals surface area contributed by atoms with Crippen LogP contribution in [0.4, 0.5) is 13.2 Å². The zero-order valence-corrected chi connectivity index (χ0v) is 13.6. The first kappa shape index (κ1) is 17.4. The second-order valence-corrected chi connectivity index (χ2v) is 5.99. The number of benzene rings is 2. The second kappa shape index (κ2) is 7.20. The van der Waals surface area contributed by atoms with Crippen molar-refractivity contribution in [2.75, 3.05) is 6.54 Å². The minimum Gasteiger partial charge on any atom is -0.489 e. The lowest BCUT2D eigenvalue weighted by Gasteiger charge is -2.14. The summed E-state index contributed by atoms with van der Waals surface area (Å²) in [6.45, 7) is 0.599.